The fourth-order valence-corrected chi connectivity index (χ4v) is 3.50. The van der Waals surface area contributed by atoms with Crippen LogP contribution in [0.3, 0.4) is 0 Å². The van der Waals surface area contributed by atoms with Crippen LogP contribution in [0.5, 0.6) is 0 Å². The molecule has 2 aromatic rings. The van der Waals surface area contributed by atoms with Crippen LogP contribution < -0.4 is 10.6 Å². The van der Waals surface area contributed by atoms with E-state index in [9.17, 15) is 14.4 Å². The quantitative estimate of drug-likeness (QED) is 0.549. The van der Waals surface area contributed by atoms with E-state index in [-0.39, 0.29) is 23.3 Å². The predicted molar refractivity (Wildman–Crippen MR) is 115 cm³/mol. The molecule has 29 heavy (non-hydrogen) atoms. The third-order valence-corrected chi connectivity index (χ3v) is 5.02. The Bertz CT molecular complexity index is 888. The molecule has 0 saturated carbocycles. The van der Waals surface area contributed by atoms with Gasteiger partial charge >= 0.3 is 5.97 Å². The first kappa shape index (κ1) is 22.5. The van der Waals surface area contributed by atoms with Gasteiger partial charge in [0.1, 0.15) is 5.25 Å². The monoisotopic (exact) mass is 414 g/mol. The highest BCUT2D eigenvalue weighted by Gasteiger charge is 2.19. The van der Waals surface area contributed by atoms with Gasteiger partial charge in [-0.1, -0.05) is 12.1 Å². The number of hydrogen-bond acceptors (Lipinski definition) is 5. The maximum absolute atomic E-state index is 12.7. The number of hydrogen-bond donors (Lipinski definition) is 2. The number of methoxy groups -OCH3 is 1. The lowest BCUT2D eigenvalue weighted by atomic mass is 10.1. The molecule has 6 nitrogen and oxygen atoms in total. The summed E-state index contributed by atoms with van der Waals surface area (Å²) in [6.45, 7) is 7.47. The first-order valence-corrected chi connectivity index (χ1v) is 10.1. The van der Waals surface area contributed by atoms with Crippen molar-refractivity contribution < 1.29 is 19.1 Å². The average molecular weight is 415 g/mol. The fraction of sp³-hybridized carbons (Fsp3) is 0.318. The molecule has 7 heteroatoms. The van der Waals surface area contributed by atoms with Gasteiger partial charge in [0.2, 0.25) is 0 Å². The minimum absolute atomic E-state index is 0.172. The molecular weight excluding hydrogens is 388 g/mol. The van der Waals surface area contributed by atoms with Crippen molar-refractivity contribution in [2.75, 3.05) is 12.4 Å². The lowest BCUT2D eigenvalue weighted by Gasteiger charge is -2.20. The molecule has 154 valence electrons. The number of rotatable bonds is 6. The molecule has 2 N–H and O–H groups in total. The summed E-state index contributed by atoms with van der Waals surface area (Å²) >= 11 is 1.27. The Balaban J connectivity index is 2.11. The van der Waals surface area contributed by atoms with E-state index in [1.165, 1.54) is 18.9 Å². The Kier molecular flexibility index (Phi) is 7.45. The van der Waals surface area contributed by atoms with Crippen LogP contribution in [0.1, 0.15) is 48.4 Å². The lowest BCUT2D eigenvalue weighted by Crippen LogP contribution is -2.40. The highest BCUT2D eigenvalue weighted by molar-refractivity contribution is 8.00. The van der Waals surface area contributed by atoms with Gasteiger partial charge in [0.25, 0.3) is 11.8 Å². The second kappa shape index (κ2) is 9.60. The molecule has 2 amide bonds. The number of anilines is 1. The Hall–Kier alpha value is -2.80. The van der Waals surface area contributed by atoms with Crippen LogP contribution in [0, 0.1) is 0 Å². The number of thioether (sulfide) groups is 1. The number of benzene rings is 2. The first-order valence-electron chi connectivity index (χ1n) is 9.18. The second-order valence-corrected chi connectivity index (χ2v) is 8.90. The van der Waals surface area contributed by atoms with Crippen LogP contribution in [-0.4, -0.2) is 35.7 Å². The normalized spacial score (nSPS) is 12.0. The van der Waals surface area contributed by atoms with Gasteiger partial charge in [-0.2, -0.15) is 0 Å². The van der Waals surface area contributed by atoms with Crippen molar-refractivity contribution in [2.45, 2.75) is 43.4 Å². The molecule has 0 aliphatic rings. The van der Waals surface area contributed by atoms with Gasteiger partial charge in [-0.15, -0.1) is 11.8 Å². The standard InChI is InChI=1S/C22H26N2O4S/c1-14(21(27)28-5)29-18-9-7-6-8-17(18)20(26)23-16-12-10-15(11-13-16)19(25)24-22(2,3)4/h6-14H,1-5H3,(H,23,26)(H,24,25)/t14-/m1/s1. The molecule has 2 rings (SSSR count). The molecule has 0 bridgehead atoms. The predicted octanol–water partition coefficient (Wildman–Crippen LogP) is 4.12. The van der Waals surface area contributed by atoms with E-state index in [2.05, 4.69) is 10.6 Å². The molecule has 0 aliphatic carbocycles. The molecule has 0 radical (unpaired) electrons. The van der Waals surface area contributed by atoms with E-state index < -0.39 is 5.25 Å². The minimum atomic E-state index is -0.436. The van der Waals surface area contributed by atoms with Crippen LogP contribution in [0.2, 0.25) is 0 Å². The van der Waals surface area contributed by atoms with Crippen LogP contribution in [0.25, 0.3) is 0 Å². The van der Waals surface area contributed by atoms with Crippen molar-refractivity contribution in [3.8, 4) is 0 Å². The van der Waals surface area contributed by atoms with Gasteiger partial charge in [0.15, 0.2) is 0 Å². The van der Waals surface area contributed by atoms with Crippen LogP contribution >= 0.6 is 11.8 Å². The molecule has 0 fully saturated rings. The summed E-state index contributed by atoms with van der Waals surface area (Å²) in [6.07, 6.45) is 0. The Morgan fingerprint density at radius 3 is 2.17 bits per heavy atom. The largest absolute Gasteiger partial charge is 0.468 e. The fourth-order valence-electron chi connectivity index (χ4n) is 2.48. The third-order valence-electron chi connectivity index (χ3n) is 3.86. The van der Waals surface area contributed by atoms with Crippen molar-refractivity contribution in [3.05, 3.63) is 59.7 Å². The molecule has 1 atom stereocenters. The number of carbonyl (C=O) groups is 3. The Labute approximate surface area is 175 Å². The lowest BCUT2D eigenvalue weighted by molar-refractivity contribution is -0.139. The second-order valence-electron chi connectivity index (χ2n) is 7.51. The summed E-state index contributed by atoms with van der Waals surface area (Å²) in [5.74, 6) is -0.819. The van der Waals surface area contributed by atoms with Crippen LogP contribution in [-0.2, 0) is 9.53 Å². The van der Waals surface area contributed by atoms with Crippen molar-refractivity contribution in [3.63, 3.8) is 0 Å². The van der Waals surface area contributed by atoms with Gasteiger partial charge in [0, 0.05) is 21.7 Å². The minimum Gasteiger partial charge on any atom is -0.468 e. The number of amides is 2. The van der Waals surface area contributed by atoms with Gasteiger partial charge in [-0.25, -0.2) is 0 Å². The van der Waals surface area contributed by atoms with E-state index >= 15 is 0 Å². The third kappa shape index (κ3) is 6.64. The number of ether oxygens (including phenoxy) is 1. The van der Waals surface area contributed by atoms with Crippen molar-refractivity contribution in [1.29, 1.82) is 0 Å². The van der Waals surface area contributed by atoms with E-state index in [1.54, 1.807) is 49.4 Å². The molecule has 0 heterocycles. The van der Waals surface area contributed by atoms with Crippen molar-refractivity contribution >= 4 is 35.2 Å². The Morgan fingerprint density at radius 2 is 1.59 bits per heavy atom. The summed E-state index contributed by atoms with van der Waals surface area (Å²) in [5.41, 5.74) is 1.22. The zero-order valence-corrected chi connectivity index (χ0v) is 18.1. The summed E-state index contributed by atoms with van der Waals surface area (Å²) < 4.78 is 4.75. The summed E-state index contributed by atoms with van der Waals surface area (Å²) in [7, 11) is 1.34. The highest BCUT2D eigenvalue weighted by atomic mass is 32.2. The van der Waals surface area contributed by atoms with E-state index in [4.69, 9.17) is 4.74 Å². The highest BCUT2D eigenvalue weighted by Crippen LogP contribution is 2.28. The van der Waals surface area contributed by atoms with E-state index in [1.807, 2.05) is 26.8 Å². The van der Waals surface area contributed by atoms with Crippen LogP contribution in [0.4, 0.5) is 5.69 Å². The average Bonchev–Trinajstić information content (AvgIpc) is 2.66. The molecule has 0 unspecified atom stereocenters. The molecule has 0 saturated heterocycles. The molecule has 0 spiro atoms. The number of esters is 1. The van der Waals surface area contributed by atoms with Gasteiger partial charge in [0.05, 0.1) is 12.7 Å². The number of nitrogens with one attached hydrogen (secondary N) is 2. The van der Waals surface area contributed by atoms with Crippen molar-refractivity contribution in [2.24, 2.45) is 0 Å². The maximum Gasteiger partial charge on any atom is 0.318 e. The summed E-state index contributed by atoms with van der Waals surface area (Å²) in [5, 5.41) is 5.29. The smallest absolute Gasteiger partial charge is 0.318 e. The number of carbonyl (C=O) groups excluding carboxylic acids is 3. The van der Waals surface area contributed by atoms with Gasteiger partial charge < -0.3 is 15.4 Å². The zero-order chi connectivity index (χ0) is 21.6. The Morgan fingerprint density at radius 1 is 0.966 bits per heavy atom. The maximum atomic E-state index is 12.7. The molecule has 0 aliphatic heterocycles. The zero-order valence-electron chi connectivity index (χ0n) is 17.2. The molecular formula is C22H26N2O4S. The van der Waals surface area contributed by atoms with Crippen LogP contribution in [0.15, 0.2) is 53.4 Å². The summed E-state index contributed by atoms with van der Waals surface area (Å²) in [6, 6.07) is 13.8. The van der Waals surface area contributed by atoms with Gasteiger partial charge in [-0.05, 0) is 64.1 Å². The molecule has 2 aromatic carbocycles. The van der Waals surface area contributed by atoms with Crippen molar-refractivity contribution in [1.82, 2.24) is 5.32 Å². The SMILES string of the molecule is COC(=O)[C@@H](C)Sc1ccccc1C(=O)Nc1ccc(C(=O)NC(C)(C)C)cc1. The first-order chi connectivity index (χ1) is 13.6. The van der Waals surface area contributed by atoms with E-state index in [0.717, 1.165) is 0 Å². The van der Waals surface area contributed by atoms with Gasteiger partial charge in [-0.3, -0.25) is 14.4 Å². The summed E-state index contributed by atoms with van der Waals surface area (Å²) in [4.78, 5) is 37.3. The van der Waals surface area contributed by atoms with E-state index in [0.29, 0.717) is 21.7 Å². The molecule has 0 aromatic heterocycles. The topological polar surface area (TPSA) is 84.5 Å².